The molecule has 1 saturated carbocycles. The van der Waals surface area contributed by atoms with Crippen LogP contribution >= 0.6 is 0 Å². The van der Waals surface area contributed by atoms with Gasteiger partial charge in [-0.1, -0.05) is 25.0 Å². The second-order valence-corrected chi connectivity index (χ2v) is 9.50. The summed E-state index contributed by atoms with van der Waals surface area (Å²) in [5, 5.41) is 0. The molecule has 1 aromatic rings. The Balaban J connectivity index is 1.65. The molecule has 120 valence electrons. The third-order valence-corrected chi connectivity index (χ3v) is 7.57. The van der Waals surface area contributed by atoms with Crippen molar-refractivity contribution in [3.63, 3.8) is 0 Å². The number of anilines is 1. The van der Waals surface area contributed by atoms with Gasteiger partial charge in [0.25, 0.3) is 0 Å². The Morgan fingerprint density at radius 3 is 2.73 bits per heavy atom. The van der Waals surface area contributed by atoms with Gasteiger partial charge in [0.15, 0.2) is 9.84 Å². The van der Waals surface area contributed by atoms with Crippen molar-refractivity contribution in [1.29, 1.82) is 0 Å². The van der Waals surface area contributed by atoms with Crippen LogP contribution in [0.1, 0.15) is 37.7 Å². The maximum Gasteiger partial charge on any atom is 0.150 e. The molecule has 1 aromatic carbocycles. The third-order valence-electron chi connectivity index (χ3n) is 5.73. The fourth-order valence-electron chi connectivity index (χ4n) is 4.76. The summed E-state index contributed by atoms with van der Waals surface area (Å²) in [6, 6.07) is 5.43. The van der Waals surface area contributed by atoms with Crippen LogP contribution in [-0.2, 0) is 15.3 Å². The van der Waals surface area contributed by atoms with Gasteiger partial charge in [-0.05, 0) is 36.8 Å². The minimum absolute atomic E-state index is 0.106. The number of hydrogen-bond donors (Lipinski definition) is 0. The number of nitrogens with zero attached hydrogens (tertiary/aromatic N) is 1. The van der Waals surface area contributed by atoms with Crippen LogP contribution in [-0.4, -0.2) is 33.0 Å². The predicted molar refractivity (Wildman–Crippen MR) is 85.5 cm³/mol. The number of para-hydroxylation sites is 1. The van der Waals surface area contributed by atoms with Crippen molar-refractivity contribution in [2.75, 3.05) is 29.5 Å². The van der Waals surface area contributed by atoms with Gasteiger partial charge in [-0.2, -0.15) is 0 Å². The number of fused-ring (bicyclic) bond motifs is 2. The van der Waals surface area contributed by atoms with Crippen LogP contribution in [0.2, 0.25) is 0 Å². The molecule has 4 rings (SSSR count). The smallest absolute Gasteiger partial charge is 0.150 e. The summed E-state index contributed by atoms with van der Waals surface area (Å²) < 4.78 is 37.8. The topological polar surface area (TPSA) is 37.4 Å². The molecular formula is C17H22FNO2S. The molecule has 2 fully saturated rings. The summed E-state index contributed by atoms with van der Waals surface area (Å²) in [5.74, 6) is 0.553. The lowest BCUT2D eigenvalue weighted by atomic mass is 9.81. The van der Waals surface area contributed by atoms with Crippen molar-refractivity contribution in [1.82, 2.24) is 0 Å². The van der Waals surface area contributed by atoms with Crippen molar-refractivity contribution in [3.8, 4) is 0 Å². The number of sulfone groups is 1. The average molecular weight is 323 g/mol. The summed E-state index contributed by atoms with van der Waals surface area (Å²) >= 11 is 0. The molecule has 1 atom stereocenters. The van der Waals surface area contributed by atoms with Crippen LogP contribution in [0, 0.1) is 11.7 Å². The van der Waals surface area contributed by atoms with E-state index in [9.17, 15) is 12.8 Å². The zero-order valence-corrected chi connectivity index (χ0v) is 13.5. The van der Waals surface area contributed by atoms with Crippen molar-refractivity contribution in [3.05, 3.63) is 29.6 Å². The zero-order valence-electron chi connectivity index (χ0n) is 12.7. The number of rotatable bonds is 2. The fraction of sp³-hybridized carbons (Fsp3) is 0.647. The largest absolute Gasteiger partial charge is 0.368 e. The van der Waals surface area contributed by atoms with Gasteiger partial charge < -0.3 is 4.90 Å². The SMILES string of the molecule is O=S1(=O)CC[C@@H](CN2CC3(CCCC3)c3cccc(F)c32)C1. The molecular weight excluding hydrogens is 301 g/mol. The number of hydrogen-bond acceptors (Lipinski definition) is 3. The van der Waals surface area contributed by atoms with Crippen molar-refractivity contribution in [2.24, 2.45) is 5.92 Å². The van der Waals surface area contributed by atoms with Crippen LogP contribution in [0.4, 0.5) is 10.1 Å². The minimum Gasteiger partial charge on any atom is -0.368 e. The van der Waals surface area contributed by atoms with Gasteiger partial charge in [0.05, 0.1) is 17.2 Å². The van der Waals surface area contributed by atoms with Crippen LogP contribution in [0.25, 0.3) is 0 Å². The van der Waals surface area contributed by atoms with E-state index < -0.39 is 9.84 Å². The Labute approximate surface area is 131 Å². The molecule has 0 bridgehead atoms. The van der Waals surface area contributed by atoms with Gasteiger partial charge in [0.1, 0.15) is 5.82 Å². The summed E-state index contributed by atoms with van der Waals surface area (Å²) in [6.07, 6.45) is 5.39. The molecule has 3 nitrogen and oxygen atoms in total. The van der Waals surface area contributed by atoms with Crippen molar-refractivity contribution in [2.45, 2.75) is 37.5 Å². The van der Waals surface area contributed by atoms with Crippen molar-refractivity contribution >= 4 is 15.5 Å². The summed E-state index contributed by atoms with van der Waals surface area (Å²) in [5.41, 5.74) is 2.01. The molecule has 1 aliphatic carbocycles. The Kier molecular flexibility index (Phi) is 3.26. The van der Waals surface area contributed by atoms with Gasteiger partial charge in [0, 0.05) is 18.5 Å². The highest BCUT2D eigenvalue weighted by Gasteiger charge is 2.46. The quantitative estimate of drug-likeness (QED) is 0.840. The Bertz CT molecular complexity index is 695. The van der Waals surface area contributed by atoms with Gasteiger partial charge in [-0.3, -0.25) is 0 Å². The molecule has 2 heterocycles. The van der Waals surface area contributed by atoms with E-state index >= 15 is 0 Å². The normalized spacial score (nSPS) is 28.4. The maximum absolute atomic E-state index is 14.4. The molecule has 22 heavy (non-hydrogen) atoms. The monoisotopic (exact) mass is 323 g/mol. The Hall–Kier alpha value is -1.10. The highest BCUT2D eigenvalue weighted by atomic mass is 32.2. The van der Waals surface area contributed by atoms with Gasteiger partial charge >= 0.3 is 0 Å². The number of halogens is 1. The highest BCUT2D eigenvalue weighted by molar-refractivity contribution is 7.91. The first-order chi connectivity index (χ1) is 10.5. The van der Waals surface area contributed by atoms with E-state index in [1.165, 1.54) is 18.9 Å². The lowest BCUT2D eigenvalue weighted by molar-refractivity contribution is 0.452. The van der Waals surface area contributed by atoms with E-state index in [2.05, 4.69) is 11.0 Å². The molecule has 5 heteroatoms. The van der Waals surface area contributed by atoms with E-state index in [4.69, 9.17) is 0 Å². The summed E-state index contributed by atoms with van der Waals surface area (Å²) in [7, 11) is -2.87. The summed E-state index contributed by atoms with van der Waals surface area (Å²) in [4.78, 5) is 2.14. The lowest BCUT2D eigenvalue weighted by Gasteiger charge is -2.27. The summed E-state index contributed by atoms with van der Waals surface area (Å²) in [6.45, 7) is 1.54. The second-order valence-electron chi connectivity index (χ2n) is 7.27. The molecule has 0 aromatic heterocycles. The highest BCUT2D eigenvalue weighted by Crippen LogP contribution is 2.51. The Morgan fingerprint density at radius 2 is 2.05 bits per heavy atom. The average Bonchev–Trinajstić information content (AvgIpc) is 3.13. The molecule has 2 aliphatic heterocycles. The predicted octanol–water partition coefficient (Wildman–Crippen LogP) is 2.89. The molecule has 1 spiro atoms. The molecule has 1 saturated heterocycles. The first-order valence-corrected chi connectivity index (χ1v) is 10.1. The van der Waals surface area contributed by atoms with Gasteiger partial charge in [-0.15, -0.1) is 0 Å². The molecule has 3 aliphatic rings. The lowest BCUT2D eigenvalue weighted by Crippen LogP contribution is -2.34. The van der Waals surface area contributed by atoms with E-state index in [-0.39, 0.29) is 22.9 Å². The van der Waals surface area contributed by atoms with Crippen LogP contribution in [0.3, 0.4) is 0 Å². The van der Waals surface area contributed by atoms with E-state index in [0.717, 1.165) is 37.1 Å². The molecule has 0 amide bonds. The molecule has 0 N–H and O–H groups in total. The van der Waals surface area contributed by atoms with E-state index in [1.54, 1.807) is 0 Å². The fourth-order valence-corrected chi connectivity index (χ4v) is 6.61. The first-order valence-electron chi connectivity index (χ1n) is 8.24. The number of benzene rings is 1. The van der Waals surface area contributed by atoms with Crippen LogP contribution < -0.4 is 4.90 Å². The van der Waals surface area contributed by atoms with Crippen molar-refractivity contribution < 1.29 is 12.8 Å². The van der Waals surface area contributed by atoms with Gasteiger partial charge in [0.2, 0.25) is 0 Å². The van der Waals surface area contributed by atoms with E-state index in [1.807, 2.05) is 6.07 Å². The minimum atomic E-state index is -2.87. The first kappa shape index (κ1) is 14.5. The third kappa shape index (κ3) is 2.25. The molecule has 0 unspecified atom stereocenters. The zero-order chi connectivity index (χ0) is 15.4. The second kappa shape index (κ2) is 4.95. The Morgan fingerprint density at radius 1 is 1.27 bits per heavy atom. The standard InChI is InChI=1S/C17H22FNO2S/c18-15-5-3-4-14-16(15)19(12-17(14)7-1-2-8-17)10-13-6-9-22(20,21)11-13/h3-5,13H,1-2,6-12H2/t13-/m0/s1. The van der Waals surface area contributed by atoms with E-state index in [0.29, 0.717) is 12.3 Å². The van der Waals surface area contributed by atoms with Gasteiger partial charge in [-0.25, -0.2) is 12.8 Å². The maximum atomic E-state index is 14.4. The van der Waals surface area contributed by atoms with Crippen LogP contribution in [0.15, 0.2) is 18.2 Å². The van der Waals surface area contributed by atoms with Crippen LogP contribution in [0.5, 0.6) is 0 Å². The molecule has 0 radical (unpaired) electrons.